The SMILES string of the molecule is CCN(CCC(=O)OC)Cc1ccc(C#N)c(OC)c1. The zero-order chi connectivity index (χ0) is 15.0. The number of benzene rings is 1. The highest BCUT2D eigenvalue weighted by Crippen LogP contribution is 2.20. The number of nitrogens with zero attached hydrogens (tertiary/aromatic N) is 2. The lowest BCUT2D eigenvalue weighted by Gasteiger charge is -2.20. The molecule has 0 aliphatic rings. The first-order valence-electron chi connectivity index (χ1n) is 6.50. The van der Waals surface area contributed by atoms with Crippen LogP contribution in [0.5, 0.6) is 5.75 Å². The van der Waals surface area contributed by atoms with Crippen LogP contribution in [0.25, 0.3) is 0 Å². The molecule has 0 heterocycles. The number of hydrogen-bond donors (Lipinski definition) is 0. The molecule has 0 fully saturated rings. The maximum Gasteiger partial charge on any atom is 0.306 e. The van der Waals surface area contributed by atoms with Crippen molar-refractivity contribution in [3.63, 3.8) is 0 Å². The number of carbonyl (C=O) groups excluding carboxylic acids is 1. The van der Waals surface area contributed by atoms with Crippen LogP contribution in [0.1, 0.15) is 24.5 Å². The number of rotatable bonds is 7. The summed E-state index contributed by atoms with van der Waals surface area (Å²) in [7, 11) is 2.94. The molecule has 108 valence electrons. The summed E-state index contributed by atoms with van der Waals surface area (Å²) in [4.78, 5) is 13.3. The lowest BCUT2D eigenvalue weighted by molar-refractivity contribution is -0.141. The normalized spacial score (nSPS) is 10.2. The zero-order valence-electron chi connectivity index (χ0n) is 12.2. The van der Waals surface area contributed by atoms with Crippen LogP contribution < -0.4 is 4.74 Å². The predicted octanol–water partition coefficient (Wildman–Crippen LogP) is 1.95. The van der Waals surface area contributed by atoms with Gasteiger partial charge >= 0.3 is 5.97 Å². The molecule has 5 nitrogen and oxygen atoms in total. The average Bonchev–Trinajstić information content (AvgIpc) is 2.50. The highest BCUT2D eigenvalue weighted by Gasteiger charge is 2.09. The molecule has 0 amide bonds. The van der Waals surface area contributed by atoms with E-state index in [1.54, 1.807) is 13.2 Å². The minimum absolute atomic E-state index is 0.208. The molecule has 0 bridgehead atoms. The molecule has 5 heteroatoms. The molecule has 0 aliphatic heterocycles. The van der Waals surface area contributed by atoms with Crippen LogP contribution in [0, 0.1) is 11.3 Å². The van der Waals surface area contributed by atoms with Gasteiger partial charge in [-0.05, 0) is 24.2 Å². The minimum atomic E-state index is -0.208. The van der Waals surface area contributed by atoms with Crippen molar-refractivity contribution in [1.29, 1.82) is 5.26 Å². The first kappa shape index (κ1) is 16.0. The number of ether oxygens (including phenoxy) is 2. The molecule has 0 spiro atoms. The summed E-state index contributed by atoms with van der Waals surface area (Å²) in [5.74, 6) is 0.370. The van der Waals surface area contributed by atoms with Gasteiger partial charge < -0.3 is 9.47 Å². The quantitative estimate of drug-likeness (QED) is 0.712. The Morgan fingerprint density at radius 2 is 2.15 bits per heavy atom. The minimum Gasteiger partial charge on any atom is -0.495 e. The van der Waals surface area contributed by atoms with E-state index in [4.69, 9.17) is 10.00 Å². The van der Waals surface area contributed by atoms with Crippen molar-refractivity contribution in [1.82, 2.24) is 4.90 Å². The highest BCUT2D eigenvalue weighted by molar-refractivity contribution is 5.69. The molecule has 0 radical (unpaired) electrons. The van der Waals surface area contributed by atoms with Crippen molar-refractivity contribution < 1.29 is 14.3 Å². The zero-order valence-corrected chi connectivity index (χ0v) is 12.2. The maximum atomic E-state index is 11.2. The van der Waals surface area contributed by atoms with Crippen molar-refractivity contribution in [3.05, 3.63) is 29.3 Å². The van der Waals surface area contributed by atoms with E-state index in [1.807, 2.05) is 19.1 Å². The number of esters is 1. The van der Waals surface area contributed by atoms with Crippen LogP contribution >= 0.6 is 0 Å². The molecule has 0 N–H and O–H groups in total. The standard InChI is InChI=1S/C15H20N2O3/c1-4-17(8-7-15(18)20-3)11-12-5-6-13(10-16)14(9-12)19-2/h5-6,9H,4,7-8,11H2,1-3H3. The van der Waals surface area contributed by atoms with E-state index in [2.05, 4.69) is 15.7 Å². The topological polar surface area (TPSA) is 62.6 Å². The Hall–Kier alpha value is -2.06. The van der Waals surface area contributed by atoms with Gasteiger partial charge in [0, 0.05) is 13.1 Å². The maximum absolute atomic E-state index is 11.2. The fraction of sp³-hybridized carbons (Fsp3) is 0.467. The van der Waals surface area contributed by atoms with Gasteiger partial charge in [0.15, 0.2) is 0 Å². The number of carbonyl (C=O) groups is 1. The fourth-order valence-corrected chi connectivity index (χ4v) is 1.88. The molecule has 1 aromatic rings. The second-order valence-corrected chi connectivity index (χ2v) is 4.34. The Morgan fingerprint density at radius 3 is 2.70 bits per heavy atom. The summed E-state index contributed by atoms with van der Waals surface area (Å²) >= 11 is 0. The van der Waals surface area contributed by atoms with Crippen LogP contribution in [-0.2, 0) is 16.1 Å². The average molecular weight is 276 g/mol. The molecule has 20 heavy (non-hydrogen) atoms. The van der Waals surface area contributed by atoms with Gasteiger partial charge in [0.2, 0.25) is 0 Å². The number of hydrogen-bond acceptors (Lipinski definition) is 5. The third-order valence-corrected chi connectivity index (χ3v) is 3.10. The molecule has 0 atom stereocenters. The number of methoxy groups -OCH3 is 2. The van der Waals surface area contributed by atoms with Gasteiger partial charge in [-0.1, -0.05) is 13.0 Å². The van der Waals surface area contributed by atoms with Gasteiger partial charge in [-0.25, -0.2) is 0 Å². The van der Waals surface area contributed by atoms with E-state index in [0.29, 0.717) is 30.8 Å². The number of nitriles is 1. The van der Waals surface area contributed by atoms with Gasteiger partial charge in [-0.15, -0.1) is 0 Å². The Bertz CT molecular complexity index is 494. The molecule has 1 rings (SSSR count). The van der Waals surface area contributed by atoms with E-state index in [0.717, 1.165) is 12.1 Å². The van der Waals surface area contributed by atoms with Crippen LogP contribution in [0.3, 0.4) is 0 Å². The summed E-state index contributed by atoms with van der Waals surface area (Å²) < 4.78 is 9.83. The third kappa shape index (κ3) is 4.56. The van der Waals surface area contributed by atoms with Gasteiger partial charge in [0.25, 0.3) is 0 Å². The monoisotopic (exact) mass is 276 g/mol. The lowest BCUT2D eigenvalue weighted by atomic mass is 10.1. The summed E-state index contributed by atoms with van der Waals surface area (Å²) in [6.45, 7) is 4.22. The first-order chi connectivity index (χ1) is 9.64. The van der Waals surface area contributed by atoms with Crippen molar-refractivity contribution in [2.24, 2.45) is 0 Å². The van der Waals surface area contributed by atoms with Crippen LogP contribution in [0.2, 0.25) is 0 Å². The Labute approximate surface area is 119 Å². The van der Waals surface area contributed by atoms with Gasteiger partial charge in [-0.2, -0.15) is 5.26 Å². The van der Waals surface area contributed by atoms with Crippen LogP contribution in [0.4, 0.5) is 0 Å². The Balaban J connectivity index is 2.70. The van der Waals surface area contributed by atoms with Gasteiger partial charge in [0.05, 0.1) is 26.2 Å². The van der Waals surface area contributed by atoms with Crippen molar-refractivity contribution in [3.8, 4) is 11.8 Å². The van der Waals surface area contributed by atoms with Crippen LogP contribution in [-0.4, -0.2) is 38.2 Å². The van der Waals surface area contributed by atoms with E-state index in [-0.39, 0.29) is 5.97 Å². The third-order valence-electron chi connectivity index (χ3n) is 3.10. The molecule has 0 aromatic heterocycles. The molecule has 0 unspecified atom stereocenters. The van der Waals surface area contributed by atoms with E-state index < -0.39 is 0 Å². The van der Waals surface area contributed by atoms with E-state index >= 15 is 0 Å². The highest BCUT2D eigenvalue weighted by atomic mass is 16.5. The van der Waals surface area contributed by atoms with Gasteiger partial charge in [-0.3, -0.25) is 9.69 Å². The lowest BCUT2D eigenvalue weighted by Crippen LogP contribution is -2.26. The molecule has 1 aromatic carbocycles. The van der Waals surface area contributed by atoms with Crippen molar-refractivity contribution in [2.45, 2.75) is 19.9 Å². The summed E-state index contributed by atoms with van der Waals surface area (Å²) in [5, 5.41) is 8.95. The summed E-state index contributed by atoms with van der Waals surface area (Å²) in [5.41, 5.74) is 1.57. The smallest absolute Gasteiger partial charge is 0.306 e. The Morgan fingerprint density at radius 1 is 1.40 bits per heavy atom. The largest absolute Gasteiger partial charge is 0.495 e. The van der Waals surface area contributed by atoms with Crippen molar-refractivity contribution in [2.75, 3.05) is 27.3 Å². The molecule has 0 aliphatic carbocycles. The first-order valence-corrected chi connectivity index (χ1v) is 6.50. The Kier molecular flexibility index (Phi) is 6.54. The van der Waals surface area contributed by atoms with E-state index in [9.17, 15) is 4.79 Å². The second-order valence-electron chi connectivity index (χ2n) is 4.34. The van der Waals surface area contributed by atoms with Crippen molar-refractivity contribution >= 4 is 5.97 Å². The fourth-order valence-electron chi connectivity index (χ4n) is 1.88. The predicted molar refractivity (Wildman–Crippen MR) is 75.3 cm³/mol. The second kappa shape index (κ2) is 8.18. The summed E-state index contributed by atoms with van der Waals surface area (Å²) in [6.07, 6.45) is 0.373. The molecule has 0 saturated heterocycles. The van der Waals surface area contributed by atoms with Crippen LogP contribution in [0.15, 0.2) is 18.2 Å². The molecular formula is C15H20N2O3. The summed E-state index contributed by atoms with van der Waals surface area (Å²) in [6, 6.07) is 7.61. The molecule has 0 saturated carbocycles. The van der Waals surface area contributed by atoms with Gasteiger partial charge in [0.1, 0.15) is 11.8 Å². The van der Waals surface area contributed by atoms with E-state index in [1.165, 1.54) is 7.11 Å². The molecular weight excluding hydrogens is 256 g/mol.